The van der Waals surface area contributed by atoms with Crippen molar-refractivity contribution in [2.24, 2.45) is 0 Å². The lowest BCUT2D eigenvalue weighted by Crippen LogP contribution is -2.54. The smallest absolute Gasteiger partial charge is 0.243 e. The van der Waals surface area contributed by atoms with Gasteiger partial charge in [-0.3, -0.25) is 4.79 Å². The molecule has 1 aliphatic heterocycles. The van der Waals surface area contributed by atoms with Gasteiger partial charge in [-0.05, 0) is 25.5 Å². The molecule has 1 aliphatic rings. The second-order valence-electron chi connectivity index (χ2n) is 5.46. The molecule has 22 heavy (non-hydrogen) atoms. The van der Waals surface area contributed by atoms with E-state index in [1.807, 2.05) is 13.0 Å². The molecule has 0 aromatic heterocycles. The van der Waals surface area contributed by atoms with Gasteiger partial charge in [0.1, 0.15) is 0 Å². The summed E-state index contributed by atoms with van der Waals surface area (Å²) in [6.45, 7) is 2.29. The summed E-state index contributed by atoms with van der Waals surface area (Å²) in [6, 6.07) is 15.0. The fourth-order valence-electron chi connectivity index (χ4n) is 2.55. The molecule has 0 aliphatic carbocycles. The number of aryl methyl sites for hydroxylation is 1. The van der Waals surface area contributed by atoms with Crippen LogP contribution in [0.5, 0.6) is 0 Å². The van der Waals surface area contributed by atoms with Gasteiger partial charge in [-0.2, -0.15) is 4.31 Å². The molecule has 0 saturated carbocycles. The van der Waals surface area contributed by atoms with E-state index in [9.17, 15) is 13.2 Å². The van der Waals surface area contributed by atoms with Gasteiger partial charge in [0.25, 0.3) is 0 Å². The second-order valence-corrected chi connectivity index (χ2v) is 7.35. The average molecular weight is 315 g/mol. The highest BCUT2D eigenvalue weighted by Gasteiger charge is 2.42. The van der Waals surface area contributed by atoms with Crippen molar-refractivity contribution in [3.8, 4) is 0 Å². The predicted octanol–water partition coefficient (Wildman–Crippen LogP) is 2.64. The highest BCUT2D eigenvalue weighted by atomic mass is 32.2. The summed E-state index contributed by atoms with van der Waals surface area (Å²) < 4.78 is 26.6. The summed E-state index contributed by atoms with van der Waals surface area (Å²) >= 11 is 0. The van der Waals surface area contributed by atoms with E-state index in [-0.39, 0.29) is 10.7 Å². The SMILES string of the molecule is Cc1ccc(S(=O)(=O)N2CCC2C(=O)c2ccccc2)cc1. The molecule has 1 unspecified atom stereocenters. The van der Waals surface area contributed by atoms with Crippen molar-refractivity contribution in [3.63, 3.8) is 0 Å². The maximum Gasteiger partial charge on any atom is 0.243 e. The molecule has 0 spiro atoms. The molecule has 2 aromatic rings. The topological polar surface area (TPSA) is 54.5 Å². The van der Waals surface area contributed by atoms with Gasteiger partial charge in [-0.1, -0.05) is 48.0 Å². The van der Waals surface area contributed by atoms with Crippen LogP contribution in [0.3, 0.4) is 0 Å². The maximum atomic E-state index is 12.6. The number of benzene rings is 2. The number of rotatable bonds is 4. The van der Waals surface area contributed by atoms with Gasteiger partial charge in [0.2, 0.25) is 10.0 Å². The van der Waals surface area contributed by atoms with E-state index in [1.54, 1.807) is 48.5 Å². The number of hydrogen-bond acceptors (Lipinski definition) is 3. The highest BCUT2D eigenvalue weighted by Crippen LogP contribution is 2.29. The highest BCUT2D eigenvalue weighted by molar-refractivity contribution is 7.89. The maximum absolute atomic E-state index is 12.6. The Morgan fingerprint density at radius 1 is 1.05 bits per heavy atom. The van der Waals surface area contributed by atoms with Crippen molar-refractivity contribution in [3.05, 3.63) is 65.7 Å². The first kappa shape index (κ1) is 14.9. The van der Waals surface area contributed by atoms with E-state index < -0.39 is 16.1 Å². The average Bonchev–Trinajstić information content (AvgIpc) is 2.47. The molecule has 3 rings (SSSR count). The molecule has 0 amide bonds. The van der Waals surface area contributed by atoms with E-state index in [0.717, 1.165) is 5.56 Å². The van der Waals surface area contributed by atoms with Crippen LogP contribution in [0, 0.1) is 6.92 Å². The van der Waals surface area contributed by atoms with E-state index in [4.69, 9.17) is 0 Å². The van der Waals surface area contributed by atoms with Gasteiger partial charge in [0, 0.05) is 12.1 Å². The molecular formula is C17H17NO3S. The summed E-state index contributed by atoms with van der Waals surface area (Å²) in [4.78, 5) is 12.7. The first-order valence-corrected chi connectivity index (χ1v) is 8.62. The van der Waals surface area contributed by atoms with Crippen molar-refractivity contribution in [2.45, 2.75) is 24.3 Å². The minimum atomic E-state index is -3.61. The number of Topliss-reactive ketones (excluding diaryl/α,β-unsaturated/α-hetero) is 1. The minimum absolute atomic E-state index is 0.137. The number of carbonyl (C=O) groups is 1. The first-order chi connectivity index (χ1) is 10.5. The third kappa shape index (κ3) is 2.58. The van der Waals surface area contributed by atoms with Crippen LogP contribution < -0.4 is 0 Å². The van der Waals surface area contributed by atoms with Crippen LogP contribution in [0.15, 0.2) is 59.5 Å². The first-order valence-electron chi connectivity index (χ1n) is 7.18. The second kappa shape index (κ2) is 5.66. The molecule has 5 heteroatoms. The normalized spacial score (nSPS) is 18.7. The molecule has 4 nitrogen and oxygen atoms in total. The fraction of sp³-hybridized carbons (Fsp3) is 0.235. The fourth-order valence-corrected chi connectivity index (χ4v) is 4.19. The zero-order chi connectivity index (χ0) is 15.7. The number of sulfonamides is 1. The third-order valence-corrected chi connectivity index (χ3v) is 5.88. The standard InChI is InChI=1S/C17H17NO3S/c1-13-7-9-15(10-8-13)22(20,21)18-12-11-16(18)17(19)14-5-3-2-4-6-14/h2-10,16H,11-12H2,1H3. The monoisotopic (exact) mass is 315 g/mol. The van der Waals surface area contributed by atoms with Crippen molar-refractivity contribution >= 4 is 15.8 Å². The van der Waals surface area contributed by atoms with Gasteiger partial charge in [-0.15, -0.1) is 0 Å². The molecular weight excluding hydrogens is 298 g/mol. The van der Waals surface area contributed by atoms with Crippen molar-refractivity contribution in [1.29, 1.82) is 0 Å². The third-order valence-electron chi connectivity index (χ3n) is 3.96. The van der Waals surface area contributed by atoms with Crippen LogP contribution in [0.2, 0.25) is 0 Å². The molecule has 1 saturated heterocycles. The molecule has 1 heterocycles. The lowest BCUT2D eigenvalue weighted by atomic mass is 9.97. The summed E-state index contributed by atoms with van der Waals surface area (Å²) in [5.41, 5.74) is 1.55. The molecule has 2 aromatic carbocycles. The summed E-state index contributed by atoms with van der Waals surface area (Å²) in [7, 11) is -3.61. The Morgan fingerprint density at radius 3 is 2.23 bits per heavy atom. The molecule has 1 atom stereocenters. The number of carbonyl (C=O) groups excluding carboxylic acids is 1. The lowest BCUT2D eigenvalue weighted by molar-refractivity contribution is 0.0795. The van der Waals surface area contributed by atoms with Gasteiger partial charge in [0.15, 0.2) is 5.78 Å². The van der Waals surface area contributed by atoms with Crippen LogP contribution in [-0.4, -0.2) is 31.1 Å². The molecule has 0 bridgehead atoms. The molecule has 1 fully saturated rings. The Hall–Kier alpha value is -1.98. The summed E-state index contributed by atoms with van der Waals surface area (Å²) in [5.74, 6) is -0.137. The van der Waals surface area contributed by atoms with Gasteiger partial charge >= 0.3 is 0 Å². The molecule has 114 valence electrons. The summed E-state index contributed by atoms with van der Waals surface area (Å²) in [5, 5.41) is 0. The Bertz CT molecular complexity index is 782. The van der Waals surface area contributed by atoms with E-state index in [0.29, 0.717) is 18.5 Å². The number of hydrogen-bond donors (Lipinski definition) is 0. The number of nitrogens with zero attached hydrogens (tertiary/aromatic N) is 1. The Morgan fingerprint density at radius 2 is 1.68 bits per heavy atom. The lowest BCUT2D eigenvalue weighted by Gasteiger charge is -2.38. The predicted molar refractivity (Wildman–Crippen MR) is 84.2 cm³/mol. The van der Waals surface area contributed by atoms with Gasteiger partial charge in [0.05, 0.1) is 10.9 Å². The van der Waals surface area contributed by atoms with E-state index in [1.165, 1.54) is 4.31 Å². The van der Waals surface area contributed by atoms with E-state index in [2.05, 4.69) is 0 Å². The van der Waals surface area contributed by atoms with E-state index >= 15 is 0 Å². The van der Waals surface area contributed by atoms with Crippen molar-refractivity contribution in [2.75, 3.05) is 6.54 Å². The Balaban J connectivity index is 1.86. The van der Waals surface area contributed by atoms with Gasteiger partial charge in [-0.25, -0.2) is 8.42 Å². The quantitative estimate of drug-likeness (QED) is 0.815. The van der Waals surface area contributed by atoms with Crippen molar-refractivity contribution < 1.29 is 13.2 Å². The zero-order valence-electron chi connectivity index (χ0n) is 12.3. The van der Waals surface area contributed by atoms with Crippen molar-refractivity contribution in [1.82, 2.24) is 4.31 Å². The Kier molecular flexibility index (Phi) is 3.85. The Labute approximate surface area is 130 Å². The van der Waals surface area contributed by atoms with Crippen LogP contribution >= 0.6 is 0 Å². The zero-order valence-corrected chi connectivity index (χ0v) is 13.1. The van der Waals surface area contributed by atoms with Crippen LogP contribution in [-0.2, 0) is 10.0 Å². The van der Waals surface area contributed by atoms with Crippen LogP contribution in [0.25, 0.3) is 0 Å². The van der Waals surface area contributed by atoms with Gasteiger partial charge < -0.3 is 0 Å². The van der Waals surface area contributed by atoms with Crippen LogP contribution in [0.1, 0.15) is 22.3 Å². The minimum Gasteiger partial charge on any atom is -0.292 e. The molecule has 0 radical (unpaired) electrons. The molecule has 0 N–H and O–H groups in total. The number of ketones is 1. The van der Waals surface area contributed by atoms with Crippen LogP contribution in [0.4, 0.5) is 0 Å². The summed E-state index contributed by atoms with van der Waals surface area (Å²) in [6.07, 6.45) is 0.568. The largest absolute Gasteiger partial charge is 0.292 e.